The molecule has 1 fully saturated rings. The van der Waals surface area contributed by atoms with Crippen LogP contribution in [-0.4, -0.2) is 17.1 Å². The van der Waals surface area contributed by atoms with Gasteiger partial charge in [0.25, 0.3) is 0 Å². The lowest BCUT2D eigenvalue weighted by Gasteiger charge is -2.09. The molecule has 0 heterocycles. The van der Waals surface area contributed by atoms with Gasteiger partial charge >= 0.3 is 0 Å². The largest absolute Gasteiger partial charge is 0.409 e. The molecule has 4 N–H and O–H groups in total. The van der Waals surface area contributed by atoms with Gasteiger partial charge in [0, 0.05) is 18.2 Å². The molecule has 2 unspecified atom stereocenters. The SMILES string of the molecule is CCCC1CC1NCc1ccc(/C(N)=N/O)cc1C. The molecule has 2 atom stereocenters. The van der Waals surface area contributed by atoms with E-state index in [1.807, 2.05) is 18.2 Å². The number of hydrogen-bond acceptors (Lipinski definition) is 3. The highest BCUT2D eigenvalue weighted by Gasteiger charge is 2.35. The minimum atomic E-state index is 0.160. The molecule has 19 heavy (non-hydrogen) atoms. The molecule has 0 aromatic heterocycles. The standard InChI is InChI=1S/C15H23N3O/c1-3-4-11-8-14(11)17-9-13-6-5-12(7-10(13)2)15(16)18-19/h5-7,11,14,17,19H,3-4,8-9H2,1-2H3,(H2,16,18). The predicted molar refractivity (Wildman–Crippen MR) is 77.3 cm³/mol. The van der Waals surface area contributed by atoms with E-state index in [0.717, 1.165) is 18.0 Å². The number of amidine groups is 1. The van der Waals surface area contributed by atoms with E-state index < -0.39 is 0 Å². The second-order valence-electron chi connectivity index (χ2n) is 5.40. The molecule has 2 rings (SSSR count). The van der Waals surface area contributed by atoms with E-state index in [9.17, 15) is 0 Å². The molecule has 0 radical (unpaired) electrons. The van der Waals surface area contributed by atoms with Crippen LogP contribution >= 0.6 is 0 Å². The van der Waals surface area contributed by atoms with Gasteiger partial charge in [-0.15, -0.1) is 0 Å². The summed E-state index contributed by atoms with van der Waals surface area (Å²) >= 11 is 0. The minimum absolute atomic E-state index is 0.160. The molecule has 104 valence electrons. The Bertz CT molecular complexity index is 470. The summed E-state index contributed by atoms with van der Waals surface area (Å²) < 4.78 is 0. The fourth-order valence-corrected chi connectivity index (χ4v) is 2.54. The van der Waals surface area contributed by atoms with Crippen molar-refractivity contribution in [3.63, 3.8) is 0 Å². The summed E-state index contributed by atoms with van der Waals surface area (Å²) in [4.78, 5) is 0. The average Bonchev–Trinajstić information content (AvgIpc) is 3.15. The molecular formula is C15H23N3O. The first-order valence-corrected chi connectivity index (χ1v) is 6.96. The first-order valence-electron chi connectivity index (χ1n) is 6.96. The molecule has 1 saturated carbocycles. The Labute approximate surface area is 114 Å². The molecule has 0 spiro atoms. The number of oxime groups is 1. The summed E-state index contributed by atoms with van der Waals surface area (Å²) in [5.41, 5.74) is 8.79. The maximum Gasteiger partial charge on any atom is 0.170 e. The highest BCUT2D eigenvalue weighted by Crippen LogP contribution is 2.34. The Morgan fingerprint density at radius 1 is 1.53 bits per heavy atom. The van der Waals surface area contributed by atoms with Crippen molar-refractivity contribution in [2.24, 2.45) is 16.8 Å². The zero-order valence-corrected chi connectivity index (χ0v) is 11.7. The van der Waals surface area contributed by atoms with Crippen LogP contribution in [-0.2, 0) is 6.54 Å². The van der Waals surface area contributed by atoms with Gasteiger partial charge in [-0.1, -0.05) is 30.6 Å². The van der Waals surface area contributed by atoms with Crippen molar-refractivity contribution in [3.05, 3.63) is 34.9 Å². The lowest BCUT2D eigenvalue weighted by molar-refractivity contribution is 0.318. The summed E-state index contributed by atoms with van der Waals surface area (Å²) in [5, 5.41) is 15.3. The molecule has 4 heteroatoms. The second-order valence-corrected chi connectivity index (χ2v) is 5.40. The maximum absolute atomic E-state index is 8.66. The number of nitrogens with zero attached hydrogens (tertiary/aromatic N) is 1. The zero-order valence-electron chi connectivity index (χ0n) is 11.7. The molecule has 0 bridgehead atoms. The van der Waals surface area contributed by atoms with E-state index in [2.05, 4.69) is 24.3 Å². The van der Waals surface area contributed by atoms with Crippen molar-refractivity contribution < 1.29 is 5.21 Å². The number of hydrogen-bond donors (Lipinski definition) is 3. The Kier molecular flexibility index (Phi) is 4.43. The van der Waals surface area contributed by atoms with Crippen LogP contribution in [0.1, 0.15) is 42.9 Å². The van der Waals surface area contributed by atoms with E-state index in [1.165, 1.54) is 30.4 Å². The summed E-state index contributed by atoms with van der Waals surface area (Å²) in [5.74, 6) is 1.04. The van der Waals surface area contributed by atoms with Crippen molar-refractivity contribution in [2.45, 2.75) is 45.7 Å². The normalized spacial score (nSPS) is 22.5. The van der Waals surface area contributed by atoms with Gasteiger partial charge in [0.2, 0.25) is 0 Å². The van der Waals surface area contributed by atoms with Crippen LogP contribution in [0.4, 0.5) is 0 Å². The Balaban J connectivity index is 1.91. The summed E-state index contributed by atoms with van der Waals surface area (Å²) in [7, 11) is 0. The van der Waals surface area contributed by atoms with Crippen molar-refractivity contribution in [1.29, 1.82) is 0 Å². The highest BCUT2D eigenvalue weighted by molar-refractivity contribution is 5.97. The van der Waals surface area contributed by atoms with Crippen LogP contribution in [0.3, 0.4) is 0 Å². The van der Waals surface area contributed by atoms with Crippen LogP contribution in [0.2, 0.25) is 0 Å². The van der Waals surface area contributed by atoms with Gasteiger partial charge in [0.15, 0.2) is 5.84 Å². The summed E-state index contributed by atoms with van der Waals surface area (Å²) in [6.07, 6.45) is 3.92. The van der Waals surface area contributed by atoms with Gasteiger partial charge in [-0.2, -0.15) is 0 Å². The first-order chi connectivity index (χ1) is 9.15. The molecule has 1 aliphatic rings. The zero-order chi connectivity index (χ0) is 13.8. The van der Waals surface area contributed by atoms with Gasteiger partial charge in [0.05, 0.1) is 0 Å². The number of nitrogens with one attached hydrogen (secondary N) is 1. The number of rotatable bonds is 6. The third-order valence-corrected chi connectivity index (χ3v) is 3.88. The molecule has 1 aliphatic carbocycles. The Morgan fingerprint density at radius 2 is 2.32 bits per heavy atom. The molecule has 1 aromatic rings. The fraction of sp³-hybridized carbons (Fsp3) is 0.533. The van der Waals surface area contributed by atoms with E-state index in [0.29, 0.717) is 6.04 Å². The maximum atomic E-state index is 8.66. The molecule has 1 aromatic carbocycles. The van der Waals surface area contributed by atoms with Crippen molar-refractivity contribution in [1.82, 2.24) is 5.32 Å². The Hall–Kier alpha value is -1.55. The second kappa shape index (κ2) is 6.06. The number of aryl methyl sites for hydroxylation is 1. The van der Waals surface area contributed by atoms with Crippen molar-refractivity contribution in [2.75, 3.05) is 0 Å². The lowest BCUT2D eigenvalue weighted by atomic mass is 10.0. The topological polar surface area (TPSA) is 70.6 Å². The highest BCUT2D eigenvalue weighted by atomic mass is 16.4. The fourth-order valence-electron chi connectivity index (χ4n) is 2.54. The average molecular weight is 261 g/mol. The van der Waals surface area contributed by atoms with Gasteiger partial charge < -0.3 is 16.3 Å². The quantitative estimate of drug-likeness (QED) is 0.319. The van der Waals surface area contributed by atoms with E-state index in [4.69, 9.17) is 10.9 Å². The van der Waals surface area contributed by atoms with Crippen molar-refractivity contribution >= 4 is 5.84 Å². The molecule has 0 saturated heterocycles. The van der Waals surface area contributed by atoms with Gasteiger partial charge in [-0.3, -0.25) is 0 Å². The smallest absolute Gasteiger partial charge is 0.170 e. The third-order valence-electron chi connectivity index (χ3n) is 3.88. The van der Waals surface area contributed by atoms with E-state index in [1.54, 1.807) is 0 Å². The van der Waals surface area contributed by atoms with Crippen molar-refractivity contribution in [3.8, 4) is 0 Å². The van der Waals surface area contributed by atoms with Gasteiger partial charge in [-0.25, -0.2) is 0 Å². The number of nitrogens with two attached hydrogens (primary N) is 1. The van der Waals surface area contributed by atoms with Crippen LogP contribution < -0.4 is 11.1 Å². The third kappa shape index (κ3) is 3.47. The summed E-state index contributed by atoms with van der Waals surface area (Å²) in [6, 6.07) is 6.60. The molecule has 4 nitrogen and oxygen atoms in total. The number of benzene rings is 1. The van der Waals surface area contributed by atoms with Crippen LogP contribution in [0.5, 0.6) is 0 Å². The van der Waals surface area contributed by atoms with E-state index >= 15 is 0 Å². The van der Waals surface area contributed by atoms with E-state index in [-0.39, 0.29) is 5.84 Å². The molecular weight excluding hydrogens is 238 g/mol. The minimum Gasteiger partial charge on any atom is -0.409 e. The van der Waals surface area contributed by atoms with Crippen LogP contribution in [0.15, 0.2) is 23.4 Å². The Morgan fingerprint density at radius 3 is 2.95 bits per heavy atom. The molecule has 0 amide bonds. The first kappa shape index (κ1) is 13.9. The lowest BCUT2D eigenvalue weighted by Crippen LogP contribution is -2.19. The predicted octanol–water partition coefficient (Wildman–Crippen LogP) is 2.37. The van der Waals surface area contributed by atoms with Crippen LogP contribution in [0.25, 0.3) is 0 Å². The summed E-state index contributed by atoms with van der Waals surface area (Å²) in [6.45, 7) is 5.19. The van der Waals surface area contributed by atoms with Gasteiger partial charge in [-0.05, 0) is 42.9 Å². The molecule has 0 aliphatic heterocycles. The van der Waals surface area contributed by atoms with Gasteiger partial charge in [0.1, 0.15) is 0 Å². The monoisotopic (exact) mass is 261 g/mol. The van der Waals surface area contributed by atoms with Crippen LogP contribution in [0, 0.1) is 12.8 Å².